The second kappa shape index (κ2) is 5.01. The van der Waals surface area contributed by atoms with Gasteiger partial charge in [0.2, 0.25) is 0 Å². The van der Waals surface area contributed by atoms with Crippen LogP contribution in [-0.4, -0.2) is 0 Å². The fourth-order valence-corrected chi connectivity index (χ4v) is 2.10. The van der Waals surface area contributed by atoms with Gasteiger partial charge in [-0.15, -0.1) is 0 Å². The molecule has 0 N–H and O–H groups in total. The Balaban J connectivity index is 2.46. The summed E-state index contributed by atoms with van der Waals surface area (Å²) >= 11 is 0. The number of halogens is 1. The first kappa shape index (κ1) is 12.3. The SMILES string of the molecule is Cc1cc(C)cc(-c2ccc(CC#N)c(F)c2)c1. The van der Waals surface area contributed by atoms with Crippen molar-refractivity contribution in [3.8, 4) is 17.2 Å². The van der Waals surface area contributed by atoms with Gasteiger partial charge >= 0.3 is 0 Å². The molecule has 0 heterocycles. The lowest BCUT2D eigenvalue weighted by atomic mass is 9.99. The van der Waals surface area contributed by atoms with Crippen LogP contribution < -0.4 is 0 Å². The third-order valence-corrected chi connectivity index (χ3v) is 2.88. The molecule has 2 rings (SSSR count). The normalized spacial score (nSPS) is 10.1. The minimum absolute atomic E-state index is 0.110. The summed E-state index contributed by atoms with van der Waals surface area (Å²) in [7, 11) is 0. The summed E-state index contributed by atoms with van der Waals surface area (Å²) in [5.41, 5.74) is 4.62. The average Bonchev–Trinajstić information content (AvgIpc) is 2.30. The van der Waals surface area contributed by atoms with Gasteiger partial charge in [0.1, 0.15) is 5.82 Å². The number of rotatable bonds is 2. The molecule has 0 unspecified atom stereocenters. The second-order valence-corrected chi connectivity index (χ2v) is 4.52. The summed E-state index contributed by atoms with van der Waals surface area (Å²) in [6, 6.07) is 13.2. The van der Waals surface area contributed by atoms with E-state index in [1.807, 2.05) is 38.1 Å². The number of aryl methyl sites for hydroxylation is 2. The largest absolute Gasteiger partial charge is 0.207 e. The van der Waals surface area contributed by atoms with Crippen LogP contribution in [-0.2, 0) is 6.42 Å². The van der Waals surface area contributed by atoms with Crippen molar-refractivity contribution < 1.29 is 4.39 Å². The Morgan fingerprint density at radius 3 is 2.22 bits per heavy atom. The minimum atomic E-state index is -0.312. The number of benzene rings is 2. The van der Waals surface area contributed by atoms with Crippen molar-refractivity contribution in [2.24, 2.45) is 0 Å². The van der Waals surface area contributed by atoms with Crippen molar-refractivity contribution in [1.29, 1.82) is 5.26 Å². The van der Waals surface area contributed by atoms with Crippen LogP contribution in [0.3, 0.4) is 0 Å². The maximum absolute atomic E-state index is 13.8. The molecule has 0 bridgehead atoms. The van der Waals surface area contributed by atoms with Crippen LogP contribution in [0.2, 0.25) is 0 Å². The molecule has 0 saturated heterocycles. The molecular formula is C16H14FN. The molecule has 90 valence electrons. The monoisotopic (exact) mass is 239 g/mol. The first-order valence-corrected chi connectivity index (χ1v) is 5.84. The van der Waals surface area contributed by atoms with Gasteiger partial charge in [-0.05, 0) is 31.0 Å². The van der Waals surface area contributed by atoms with E-state index >= 15 is 0 Å². The van der Waals surface area contributed by atoms with Crippen LogP contribution >= 0.6 is 0 Å². The van der Waals surface area contributed by atoms with Crippen LogP contribution in [0, 0.1) is 31.0 Å². The first-order valence-electron chi connectivity index (χ1n) is 5.84. The fraction of sp³-hybridized carbons (Fsp3) is 0.188. The van der Waals surface area contributed by atoms with E-state index in [-0.39, 0.29) is 12.2 Å². The standard InChI is InChI=1S/C16H14FN/c1-11-7-12(2)9-15(8-11)14-4-3-13(5-6-18)16(17)10-14/h3-4,7-10H,5H2,1-2H3. The molecule has 1 nitrogen and oxygen atoms in total. The van der Waals surface area contributed by atoms with Crippen LogP contribution in [0.25, 0.3) is 11.1 Å². The molecule has 2 heteroatoms. The predicted molar refractivity (Wildman–Crippen MR) is 70.6 cm³/mol. The summed E-state index contributed by atoms with van der Waals surface area (Å²) in [6.45, 7) is 4.05. The Morgan fingerprint density at radius 2 is 1.67 bits per heavy atom. The molecule has 0 aliphatic carbocycles. The molecule has 0 aliphatic rings. The maximum atomic E-state index is 13.8. The van der Waals surface area contributed by atoms with E-state index in [4.69, 9.17) is 5.26 Å². The average molecular weight is 239 g/mol. The maximum Gasteiger partial charge on any atom is 0.128 e. The Bertz CT molecular complexity index is 603. The summed E-state index contributed by atoms with van der Waals surface area (Å²) in [6.07, 6.45) is 0.110. The highest BCUT2D eigenvalue weighted by Crippen LogP contribution is 2.24. The molecule has 2 aromatic carbocycles. The highest BCUT2D eigenvalue weighted by molar-refractivity contribution is 5.65. The molecule has 2 aromatic rings. The van der Waals surface area contributed by atoms with Crippen LogP contribution in [0.1, 0.15) is 16.7 Å². The molecule has 0 saturated carbocycles. The summed E-state index contributed by atoms with van der Waals surface area (Å²) in [5.74, 6) is -0.312. The van der Waals surface area contributed by atoms with E-state index in [1.165, 1.54) is 6.07 Å². The minimum Gasteiger partial charge on any atom is -0.207 e. The lowest BCUT2D eigenvalue weighted by Crippen LogP contribution is -1.90. The van der Waals surface area contributed by atoms with Gasteiger partial charge in [-0.3, -0.25) is 0 Å². The molecule has 0 radical (unpaired) electrons. The van der Waals surface area contributed by atoms with Gasteiger partial charge in [0.25, 0.3) is 0 Å². The Hall–Kier alpha value is -2.14. The molecule has 0 spiro atoms. The Morgan fingerprint density at radius 1 is 1.00 bits per heavy atom. The topological polar surface area (TPSA) is 23.8 Å². The van der Waals surface area contributed by atoms with Crippen molar-refractivity contribution >= 4 is 0 Å². The molecule has 0 amide bonds. The van der Waals surface area contributed by atoms with E-state index in [2.05, 4.69) is 6.07 Å². The van der Waals surface area contributed by atoms with Gasteiger partial charge in [0, 0.05) is 5.56 Å². The molecule has 18 heavy (non-hydrogen) atoms. The van der Waals surface area contributed by atoms with Crippen molar-refractivity contribution in [1.82, 2.24) is 0 Å². The van der Waals surface area contributed by atoms with Gasteiger partial charge in [0.05, 0.1) is 12.5 Å². The molecule has 0 aliphatic heterocycles. The number of nitriles is 1. The fourth-order valence-electron chi connectivity index (χ4n) is 2.10. The zero-order valence-corrected chi connectivity index (χ0v) is 10.5. The third-order valence-electron chi connectivity index (χ3n) is 2.88. The zero-order chi connectivity index (χ0) is 13.1. The van der Waals surface area contributed by atoms with Crippen LogP contribution in [0.15, 0.2) is 36.4 Å². The van der Waals surface area contributed by atoms with Crippen molar-refractivity contribution in [2.45, 2.75) is 20.3 Å². The van der Waals surface area contributed by atoms with Crippen LogP contribution in [0.4, 0.5) is 4.39 Å². The van der Waals surface area contributed by atoms with E-state index in [0.29, 0.717) is 5.56 Å². The second-order valence-electron chi connectivity index (χ2n) is 4.52. The van der Waals surface area contributed by atoms with E-state index in [0.717, 1.165) is 22.3 Å². The lowest BCUT2D eigenvalue weighted by molar-refractivity contribution is 0.616. The van der Waals surface area contributed by atoms with Gasteiger partial charge < -0.3 is 0 Å². The zero-order valence-electron chi connectivity index (χ0n) is 10.5. The molecule has 0 fully saturated rings. The Kier molecular flexibility index (Phi) is 3.43. The molecule has 0 atom stereocenters. The summed E-state index contributed by atoms with van der Waals surface area (Å²) < 4.78 is 13.8. The van der Waals surface area contributed by atoms with E-state index < -0.39 is 0 Å². The van der Waals surface area contributed by atoms with Gasteiger partial charge in [-0.2, -0.15) is 5.26 Å². The van der Waals surface area contributed by atoms with Crippen LogP contribution in [0.5, 0.6) is 0 Å². The number of hydrogen-bond acceptors (Lipinski definition) is 1. The molecule has 0 aromatic heterocycles. The quantitative estimate of drug-likeness (QED) is 0.771. The Labute approximate surface area is 107 Å². The first-order chi connectivity index (χ1) is 8.60. The van der Waals surface area contributed by atoms with Gasteiger partial charge in [0.15, 0.2) is 0 Å². The molecular weight excluding hydrogens is 225 g/mol. The summed E-state index contributed by atoms with van der Waals surface area (Å²) in [4.78, 5) is 0. The van der Waals surface area contributed by atoms with Crippen molar-refractivity contribution in [3.05, 3.63) is 58.9 Å². The number of hydrogen-bond donors (Lipinski definition) is 0. The third kappa shape index (κ3) is 2.57. The highest BCUT2D eigenvalue weighted by atomic mass is 19.1. The van der Waals surface area contributed by atoms with Crippen molar-refractivity contribution in [2.75, 3.05) is 0 Å². The summed E-state index contributed by atoms with van der Waals surface area (Å²) in [5, 5.41) is 8.59. The van der Waals surface area contributed by atoms with Gasteiger partial charge in [-0.1, -0.05) is 41.5 Å². The highest BCUT2D eigenvalue weighted by Gasteiger charge is 2.05. The van der Waals surface area contributed by atoms with E-state index in [1.54, 1.807) is 6.07 Å². The van der Waals surface area contributed by atoms with Gasteiger partial charge in [-0.25, -0.2) is 4.39 Å². The predicted octanol–water partition coefficient (Wildman–Crippen LogP) is 4.18. The number of nitrogens with zero attached hydrogens (tertiary/aromatic N) is 1. The van der Waals surface area contributed by atoms with E-state index in [9.17, 15) is 4.39 Å². The smallest absolute Gasteiger partial charge is 0.128 e. The van der Waals surface area contributed by atoms with Crippen molar-refractivity contribution in [3.63, 3.8) is 0 Å². The lowest BCUT2D eigenvalue weighted by Gasteiger charge is -2.07.